The number of hydrogen-bond donors (Lipinski definition) is 1. The molecule has 0 aliphatic carbocycles. The Bertz CT molecular complexity index is 678. The standard InChI is InChI=1S/C19H21NO/c1-13-8-9-17(12-16(13)4)18(21)10-11-20-19-14(2)6-5-7-15(19)3/h5-12,20H,1-4H3/b11-10+. The summed E-state index contributed by atoms with van der Waals surface area (Å²) in [5.74, 6) is 0.0110. The van der Waals surface area contributed by atoms with E-state index < -0.39 is 0 Å². The first kappa shape index (κ1) is 15.0. The van der Waals surface area contributed by atoms with Crippen LogP contribution >= 0.6 is 0 Å². The molecule has 0 saturated heterocycles. The molecular weight excluding hydrogens is 258 g/mol. The van der Waals surface area contributed by atoms with Crippen molar-refractivity contribution in [3.05, 3.63) is 76.5 Å². The van der Waals surface area contributed by atoms with Gasteiger partial charge in [0.15, 0.2) is 5.78 Å². The lowest BCUT2D eigenvalue weighted by Gasteiger charge is -2.08. The van der Waals surface area contributed by atoms with Crippen LogP contribution in [0.2, 0.25) is 0 Å². The summed E-state index contributed by atoms with van der Waals surface area (Å²) in [7, 11) is 0. The summed E-state index contributed by atoms with van der Waals surface area (Å²) in [5, 5.41) is 3.21. The van der Waals surface area contributed by atoms with Crippen LogP contribution < -0.4 is 5.32 Å². The summed E-state index contributed by atoms with van der Waals surface area (Å²) in [6.07, 6.45) is 3.29. The Labute approximate surface area is 126 Å². The average molecular weight is 279 g/mol. The summed E-state index contributed by atoms with van der Waals surface area (Å²) >= 11 is 0. The van der Waals surface area contributed by atoms with Gasteiger partial charge in [-0.1, -0.05) is 30.3 Å². The van der Waals surface area contributed by atoms with Gasteiger partial charge in [0.2, 0.25) is 0 Å². The molecule has 2 aromatic carbocycles. The third kappa shape index (κ3) is 3.60. The molecule has 0 heterocycles. The van der Waals surface area contributed by atoms with Crippen LogP contribution in [0.4, 0.5) is 5.69 Å². The van der Waals surface area contributed by atoms with Crippen LogP contribution in [-0.4, -0.2) is 5.78 Å². The van der Waals surface area contributed by atoms with E-state index in [1.54, 1.807) is 12.3 Å². The van der Waals surface area contributed by atoms with E-state index in [9.17, 15) is 4.79 Å². The molecule has 0 radical (unpaired) electrons. The van der Waals surface area contributed by atoms with Gasteiger partial charge in [-0.15, -0.1) is 0 Å². The molecule has 1 N–H and O–H groups in total. The molecule has 0 unspecified atom stereocenters. The lowest BCUT2D eigenvalue weighted by Crippen LogP contribution is -1.99. The molecule has 2 nitrogen and oxygen atoms in total. The summed E-state index contributed by atoms with van der Waals surface area (Å²) in [6.45, 7) is 8.16. The third-order valence-corrected chi connectivity index (χ3v) is 3.73. The van der Waals surface area contributed by atoms with Crippen LogP contribution in [0.5, 0.6) is 0 Å². The largest absolute Gasteiger partial charge is 0.361 e. The van der Waals surface area contributed by atoms with Gasteiger partial charge in [0.05, 0.1) is 0 Å². The molecule has 2 rings (SSSR count). The molecular formula is C19H21NO. The van der Waals surface area contributed by atoms with Crippen LogP contribution in [0, 0.1) is 27.7 Å². The van der Waals surface area contributed by atoms with Gasteiger partial charge in [0, 0.05) is 23.5 Å². The molecule has 0 bridgehead atoms. The predicted molar refractivity (Wildman–Crippen MR) is 88.9 cm³/mol. The number of carbonyl (C=O) groups is 1. The van der Waals surface area contributed by atoms with E-state index in [-0.39, 0.29) is 5.78 Å². The Kier molecular flexibility index (Phi) is 4.59. The maximum atomic E-state index is 12.1. The SMILES string of the molecule is Cc1ccc(C(=O)/C=C/Nc2c(C)cccc2C)cc1C. The van der Waals surface area contributed by atoms with Crippen molar-refractivity contribution < 1.29 is 4.79 Å². The highest BCUT2D eigenvalue weighted by molar-refractivity contribution is 6.04. The second-order valence-corrected chi connectivity index (χ2v) is 5.41. The van der Waals surface area contributed by atoms with E-state index in [1.807, 2.05) is 64.1 Å². The van der Waals surface area contributed by atoms with Crippen molar-refractivity contribution in [3.8, 4) is 0 Å². The van der Waals surface area contributed by atoms with E-state index in [0.29, 0.717) is 0 Å². The van der Waals surface area contributed by atoms with Crippen molar-refractivity contribution in [2.24, 2.45) is 0 Å². The molecule has 0 aliphatic heterocycles. The molecule has 0 atom stereocenters. The van der Waals surface area contributed by atoms with Crippen LogP contribution in [0.3, 0.4) is 0 Å². The van der Waals surface area contributed by atoms with Gasteiger partial charge in [-0.05, 0) is 56.0 Å². The number of aryl methyl sites for hydroxylation is 4. The molecule has 0 aromatic heterocycles. The van der Waals surface area contributed by atoms with Crippen molar-refractivity contribution in [1.82, 2.24) is 0 Å². The average Bonchev–Trinajstić information content (AvgIpc) is 2.45. The van der Waals surface area contributed by atoms with Gasteiger partial charge < -0.3 is 5.32 Å². The summed E-state index contributed by atoms with van der Waals surface area (Å²) in [5.41, 5.74) is 6.44. The predicted octanol–water partition coefficient (Wildman–Crippen LogP) is 4.73. The van der Waals surface area contributed by atoms with Crippen LogP contribution in [0.25, 0.3) is 0 Å². The Morgan fingerprint density at radius 2 is 1.57 bits per heavy atom. The van der Waals surface area contributed by atoms with Crippen molar-refractivity contribution in [3.63, 3.8) is 0 Å². The van der Waals surface area contributed by atoms with Gasteiger partial charge in [0.25, 0.3) is 0 Å². The van der Waals surface area contributed by atoms with E-state index >= 15 is 0 Å². The maximum Gasteiger partial charge on any atom is 0.187 e. The smallest absolute Gasteiger partial charge is 0.187 e. The maximum absolute atomic E-state index is 12.1. The number of allylic oxidation sites excluding steroid dienone is 1. The highest BCUT2D eigenvalue weighted by Gasteiger charge is 2.03. The van der Waals surface area contributed by atoms with Crippen molar-refractivity contribution in [1.29, 1.82) is 0 Å². The fourth-order valence-electron chi connectivity index (χ4n) is 2.23. The van der Waals surface area contributed by atoms with E-state index in [2.05, 4.69) is 5.32 Å². The summed E-state index contributed by atoms with van der Waals surface area (Å²) < 4.78 is 0. The molecule has 2 aromatic rings. The van der Waals surface area contributed by atoms with E-state index in [1.165, 1.54) is 16.7 Å². The second kappa shape index (κ2) is 6.40. The van der Waals surface area contributed by atoms with Crippen molar-refractivity contribution in [2.75, 3.05) is 5.32 Å². The van der Waals surface area contributed by atoms with Gasteiger partial charge in [-0.2, -0.15) is 0 Å². The van der Waals surface area contributed by atoms with Gasteiger partial charge >= 0.3 is 0 Å². The Morgan fingerprint density at radius 3 is 2.19 bits per heavy atom. The molecule has 0 amide bonds. The molecule has 108 valence electrons. The summed E-state index contributed by atoms with van der Waals surface area (Å²) in [6, 6.07) is 11.9. The monoisotopic (exact) mass is 279 g/mol. The molecule has 0 spiro atoms. The lowest BCUT2D eigenvalue weighted by atomic mass is 10.0. The molecule has 2 heteroatoms. The quantitative estimate of drug-likeness (QED) is 0.647. The van der Waals surface area contributed by atoms with Crippen LogP contribution in [-0.2, 0) is 0 Å². The topological polar surface area (TPSA) is 29.1 Å². The fourth-order valence-corrected chi connectivity index (χ4v) is 2.23. The minimum absolute atomic E-state index is 0.0110. The number of benzene rings is 2. The van der Waals surface area contributed by atoms with Gasteiger partial charge in [-0.25, -0.2) is 0 Å². The molecule has 0 aliphatic rings. The lowest BCUT2D eigenvalue weighted by molar-refractivity contribution is 0.104. The third-order valence-electron chi connectivity index (χ3n) is 3.73. The number of nitrogens with one attached hydrogen (secondary N) is 1. The number of anilines is 1. The molecule has 21 heavy (non-hydrogen) atoms. The van der Waals surface area contributed by atoms with Gasteiger partial charge in [-0.3, -0.25) is 4.79 Å². The fraction of sp³-hybridized carbons (Fsp3) is 0.211. The van der Waals surface area contributed by atoms with Crippen LogP contribution in [0.1, 0.15) is 32.6 Å². The number of para-hydroxylation sites is 1. The van der Waals surface area contributed by atoms with E-state index in [0.717, 1.165) is 16.8 Å². The molecule has 0 saturated carbocycles. The van der Waals surface area contributed by atoms with E-state index in [4.69, 9.17) is 0 Å². The van der Waals surface area contributed by atoms with Crippen molar-refractivity contribution in [2.45, 2.75) is 27.7 Å². The Morgan fingerprint density at radius 1 is 0.905 bits per heavy atom. The highest BCUT2D eigenvalue weighted by Crippen LogP contribution is 2.19. The van der Waals surface area contributed by atoms with Crippen molar-refractivity contribution >= 4 is 11.5 Å². The minimum Gasteiger partial charge on any atom is -0.361 e. The molecule has 0 fully saturated rings. The first-order chi connectivity index (χ1) is 9.99. The number of carbonyl (C=O) groups excluding carboxylic acids is 1. The summed E-state index contributed by atoms with van der Waals surface area (Å²) in [4.78, 5) is 12.1. The van der Waals surface area contributed by atoms with Crippen LogP contribution in [0.15, 0.2) is 48.7 Å². The minimum atomic E-state index is 0.0110. The Balaban J connectivity index is 2.11. The first-order valence-electron chi connectivity index (χ1n) is 7.10. The first-order valence-corrected chi connectivity index (χ1v) is 7.10. The number of rotatable bonds is 4. The number of hydrogen-bond acceptors (Lipinski definition) is 2. The van der Waals surface area contributed by atoms with Gasteiger partial charge in [0.1, 0.15) is 0 Å². The normalized spacial score (nSPS) is 10.9. The Hall–Kier alpha value is -2.35. The zero-order valence-corrected chi connectivity index (χ0v) is 13.0. The number of ketones is 1. The highest BCUT2D eigenvalue weighted by atomic mass is 16.1. The zero-order chi connectivity index (χ0) is 15.4. The second-order valence-electron chi connectivity index (χ2n) is 5.41. The zero-order valence-electron chi connectivity index (χ0n) is 13.0.